The molecule has 6 heteroatoms. The van der Waals surface area contributed by atoms with Crippen molar-refractivity contribution < 1.29 is 4.79 Å². The average Bonchev–Trinajstić information content (AvgIpc) is 3.37. The Kier molecular flexibility index (Phi) is 4.37. The molecule has 164 valence electrons. The summed E-state index contributed by atoms with van der Waals surface area (Å²) >= 11 is 0. The maximum Gasteiger partial charge on any atom is 0.254 e. The molecule has 0 N–H and O–H groups in total. The van der Waals surface area contributed by atoms with Crippen molar-refractivity contribution in [3.8, 4) is 11.3 Å². The van der Waals surface area contributed by atoms with Crippen LogP contribution in [-0.2, 0) is 20.5 Å². The van der Waals surface area contributed by atoms with Gasteiger partial charge in [0.1, 0.15) is 0 Å². The summed E-state index contributed by atoms with van der Waals surface area (Å²) in [6.45, 7) is 2.75. The number of carbonyl (C=O) groups is 1. The predicted octanol–water partition coefficient (Wildman–Crippen LogP) is 4.89. The average molecular weight is 436 g/mol. The van der Waals surface area contributed by atoms with Crippen molar-refractivity contribution >= 4 is 27.7 Å². The third-order valence-electron chi connectivity index (χ3n) is 6.91. The van der Waals surface area contributed by atoms with Gasteiger partial charge in [-0.05, 0) is 55.8 Å². The predicted molar refractivity (Wildman–Crippen MR) is 130 cm³/mol. The van der Waals surface area contributed by atoms with Gasteiger partial charge in [0.25, 0.3) is 5.91 Å². The highest BCUT2D eigenvalue weighted by atomic mass is 16.2. The van der Waals surface area contributed by atoms with Gasteiger partial charge < -0.3 is 9.47 Å². The summed E-state index contributed by atoms with van der Waals surface area (Å²) in [6.07, 6.45) is 4.64. The first-order valence-corrected chi connectivity index (χ1v) is 11.3. The van der Waals surface area contributed by atoms with Gasteiger partial charge in [-0.25, -0.2) is 0 Å². The number of fused-ring (bicyclic) bond motifs is 3. The second-order valence-corrected chi connectivity index (χ2v) is 8.87. The Morgan fingerprint density at radius 3 is 2.79 bits per heavy atom. The summed E-state index contributed by atoms with van der Waals surface area (Å²) in [5.41, 5.74) is 7.34. The molecule has 6 nitrogen and oxygen atoms in total. The lowest BCUT2D eigenvalue weighted by molar-refractivity contribution is 0.0674. The second-order valence-electron chi connectivity index (χ2n) is 8.87. The van der Waals surface area contributed by atoms with E-state index >= 15 is 0 Å². The third kappa shape index (κ3) is 3.05. The minimum absolute atomic E-state index is 0.0387. The fraction of sp³-hybridized carbons (Fsp3) is 0.222. The van der Waals surface area contributed by atoms with Crippen LogP contribution in [0.2, 0.25) is 0 Å². The molecule has 6 rings (SSSR count). The first-order valence-electron chi connectivity index (χ1n) is 11.3. The van der Waals surface area contributed by atoms with E-state index < -0.39 is 0 Å². The number of benzene rings is 2. The number of aromatic nitrogens is 4. The van der Waals surface area contributed by atoms with Gasteiger partial charge in [0.15, 0.2) is 0 Å². The van der Waals surface area contributed by atoms with E-state index in [1.165, 1.54) is 22.0 Å². The lowest BCUT2D eigenvalue weighted by Crippen LogP contribution is -2.38. The normalized spacial score (nSPS) is 15.8. The van der Waals surface area contributed by atoms with Crippen LogP contribution in [0.1, 0.15) is 34.6 Å². The summed E-state index contributed by atoms with van der Waals surface area (Å²) in [6, 6.07) is 18.2. The zero-order valence-electron chi connectivity index (χ0n) is 19.0. The quantitative estimate of drug-likeness (QED) is 0.397. The highest BCUT2D eigenvalue weighted by Gasteiger charge is 2.33. The van der Waals surface area contributed by atoms with Crippen LogP contribution in [0.15, 0.2) is 67.0 Å². The van der Waals surface area contributed by atoms with Crippen LogP contribution >= 0.6 is 0 Å². The molecule has 0 fully saturated rings. The van der Waals surface area contributed by atoms with Crippen LogP contribution in [0.3, 0.4) is 0 Å². The first kappa shape index (κ1) is 19.7. The maximum absolute atomic E-state index is 13.4. The Morgan fingerprint density at radius 2 is 1.91 bits per heavy atom. The van der Waals surface area contributed by atoms with Crippen LogP contribution < -0.4 is 0 Å². The molecule has 0 aliphatic carbocycles. The van der Waals surface area contributed by atoms with Crippen molar-refractivity contribution in [3.05, 3.63) is 83.8 Å². The van der Waals surface area contributed by atoms with E-state index in [1.54, 1.807) is 6.20 Å². The molecule has 0 saturated carbocycles. The molecule has 1 amide bonds. The standard InChI is InChI=1S/C27H25N5O/c1-17-25-22(26(31(3)29-25)20-7-9-24-19(16-20)10-13-30(24)2)11-14-32(17)27(33)21-6-8-23-18(15-21)5-4-12-28-23/h4-10,12-13,15-17H,11,14H2,1-3H3. The lowest BCUT2D eigenvalue weighted by atomic mass is 9.94. The summed E-state index contributed by atoms with van der Waals surface area (Å²) in [7, 11) is 4.06. The van der Waals surface area contributed by atoms with E-state index in [0.717, 1.165) is 28.7 Å². The molecule has 3 aromatic heterocycles. The number of rotatable bonds is 2. The minimum Gasteiger partial charge on any atom is -0.351 e. The van der Waals surface area contributed by atoms with E-state index in [4.69, 9.17) is 5.10 Å². The SMILES string of the molecule is CC1c2nn(C)c(-c3ccc4c(ccn4C)c3)c2CCN1C(=O)c1ccc2ncccc2c1. The van der Waals surface area contributed by atoms with Gasteiger partial charge in [0.2, 0.25) is 0 Å². The van der Waals surface area contributed by atoms with E-state index in [9.17, 15) is 4.79 Å². The van der Waals surface area contributed by atoms with Crippen LogP contribution in [0.4, 0.5) is 0 Å². The molecule has 0 bridgehead atoms. The largest absolute Gasteiger partial charge is 0.351 e. The Bertz CT molecular complexity index is 1540. The highest BCUT2D eigenvalue weighted by molar-refractivity contribution is 5.98. The topological polar surface area (TPSA) is 56.0 Å². The number of nitrogens with zero attached hydrogens (tertiary/aromatic N) is 5. The third-order valence-corrected chi connectivity index (χ3v) is 6.91. The Balaban J connectivity index is 1.36. The molecule has 0 saturated heterocycles. The van der Waals surface area contributed by atoms with Crippen molar-refractivity contribution in [2.24, 2.45) is 14.1 Å². The number of carbonyl (C=O) groups excluding carboxylic acids is 1. The van der Waals surface area contributed by atoms with Crippen LogP contribution in [-0.4, -0.2) is 36.7 Å². The summed E-state index contributed by atoms with van der Waals surface area (Å²) < 4.78 is 4.10. The molecule has 33 heavy (non-hydrogen) atoms. The Labute approximate surface area is 192 Å². The van der Waals surface area contributed by atoms with Gasteiger partial charge in [-0.2, -0.15) is 5.10 Å². The van der Waals surface area contributed by atoms with Crippen LogP contribution in [0, 0.1) is 0 Å². The molecule has 2 aromatic carbocycles. The summed E-state index contributed by atoms with van der Waals surface area (Å²) in [5.74, 6) is 0.0387. The number of pyridine rings is 1. The summed E-state index contributed by atoms with van der Waals surface area (Å²) in [4.78, 5) is 19.7. The molecular formula is C27H25N5O. The smallest absolute Gasteiger partial charge is 0.254 e. The van der Waals surface area contributed by atoms with Gasteiger partial charge in [-0.1, -0.05) is 12.1 Å². The van der Waals surface area contributed by atoms with Gasteiger partial charge in [-0.3, -0.25) is 14.5 Å². The van der Waals surface area contributed by atoms with E-state index in [1.807, 2.05) is 47.0 Å². The van der Waals surface area contributed by atoms with Crippen molar-refractivity contribution in [1.82, 2.24) is 24.2 Å². The number of hydrogen-bond acceptors (Lipinski definition) is 3. The molecule has 1 atom stereocenters. The minimum atomic E-state index is -0.0914. The van der Waals surface area contributed by atoms with Crippen molar-refractivity contribution in [1.29, 1.82) is 0 Å². The molecular weight excluding hydrogens is 410 g/mol. The molecule has 5 aromatic rings. The van der Waals surface area contributed by atoms with Gasteiger partial charge >= 0.3 is 0 Å². The fourth-order valence-corrected chi connectivity index (χ4v) is 5.19. The molecule has 0 radical (unpaired) electrons. The van der Waals surface area contributed by atoms with Crippen LogP contribution in [0.25, 0.3) is 33.1 Å². The number of hydrogen-bond donors (Lipinski definition) is 0. The van der Waals surface area contributed by atoms with E-state index in [-0.39, 0.29) is 11.9 Å². The molecule has 1 aliphatic rings. The number of aryl methyl sites for hydroxylation is 2. The van der Waals surface area contributed by atoms with Crippen molar-refractivity contribution in [3.63, 3.8) is 0 Å². The second kappa shape index (κ2) is 7.30. The summed E-state index contributed by atoms with van der Waals surface area (Å²) in [5, 5.41) is 7.07. The lowest BCUT2D eigenvalue weighted by Gasteiger charge is -2.33. The Morgan fingerprint density at radius 1 is 1.03 bits per heavy atom. The fourth-order valence-electron chi connectivity index (χ4n) is 5.19. The number of amides is 1. The Hall–Kier alpha value is -3.93. The molecule has 1 unspecified atom stereocenters. The molecule has 0 spiro atoms. The zero-order valence-corrected chi connectivity index (χ0v) is 19.0. The molecule has 4 heterocycles. The van der Waals surface area contributed by atoms with Gasteiger partial charge in [0.05, 0.1) is 22.9 Å². The van der Waals surface area contributed by atoms with Crippen LogP contribution in [0.5, 0.6) is 0 Å². The van der Waals surface area contributed by atoms with Gasteiger partial charge in [0, 0.05) is 66.0 Å². The highest BCUT2D eigenvalue weighted by Crippen LogP contribution is 2.37. The van der Waals surface area contributed by atoms with Gasteiger partial charge in [-0.15, -0.1) is 0 Å². The van der Waals surface area contributed by atoms with E-state index in [2.05, 4.69) is 54.0 Å². The monoisotopic (exact) mass is 435 g/mol. The first-order chi connectivity index (χ1) is 16.0. The van der Waals surface area contributed by atoms with Crippen molar-refractivity contribution in [2.45, 2.75) is 19.4 Å². The zero-order chi connectivity index (χ0) is 22.7. The maximum atomic E-state index is 13.4. The van der Waals surface area contributed by atoms with Crippen molar-refractivity contribution in [2.75, 3.05) is 6.54 Å². The van der Waals surface area contributed by atoms with E-state index in [0.29, 0.717) is 12.1 Å². The molecule has 1 aliphatic heterocycles.